The Kier molecular flexibility index (Phi) is 13.9. The van der Waals surface area contributed by atoms with Gasteiger partial charge in [0, 0.05) is 68.0 Å². The molecule has 1 fully saturated rings. The zero-order valence-corrected chi connectivity index (χ0v) is 31.4. The zero-order chi connectivity index (χ0) is 40.0. The van der Waals surface area contributed by atoms with Crippen LogP contribution in [0.5, 0.6) is 0 Å². The predicted octanol–water partition coefficient (Wildman–Crippen LogP) is 7.81. The summed E-state index contributed by atoms with van der Waals surface area (Å²) in [5.74, 6) is -10.0. The molecule has 0 bridgehead atoms. The number of carboxylic acids is 1. The number of amides is 1. The molecule has 0 radical (unpaired) electrons. The van der Waals surface area contributed by atoms with Crippen molar-refractivity contribution in [3.8, 4) is 11.1 Å². The van der Waals surface area contributed by atoms with Crippen LogP contribution in [0.15, 0.2) is 53.5 Å². The van der Waals surface area contributed by atoms with E-state index in [0.717, 1.165) is 13.0 Å². The number of nitrogens with one attached hydrogen (secondary N) is 1. The van der Waals surface area contributed by atoms with E-state index in [1.54, 1.807) is 12.1 Å². The maximum atomic E-state index is 15.5. The van der Waals surface area contributed by atoms with Crippen LogP contribution in [-0.4, -0.2) is 64.3 Å². The number of aryl methyl sites for hydroxylation is 2. The van der Waals surface area contributed by atoms with E-state index in [-0.39, 0.29) is 54.1 Å². The van der Waals surface area contributed by atoms with Crippen LogP contribution in [0.25, 0.3) is 22.0 Å². The van der Waals surface area contributed by atoms with Crippen LogP contribution in [0.4, 0.5) is 27.6 Å². The van der Waals surface area contributed by atoms with Crippen molar-refractivity contribution < 1.29 is 41.4 Å². The molecule has 2 aromatic carbocycles. The van der Waals surface area contributed by atoms with Gasteiger partial charge >= 0.3 is 5.97 Å². The number of nitrogens with zero attached hydrogens (tertiary/aromatic N) is 3. The van der Waals surface area contributed by atoms with E-state index in [1.165, 1.54) is 60.8 Å². The Labute approximate surface area is 305 Å². The molecule has 4 aromatic rings. The van der Waals surface area contributed by atoms with Crippen molar-refractivity contribution in [2.24, 2.45) is 7.05 Å². The first-order valence-corrected chi connectivity index (χ1v) is 17.4. The van der Waals surface area contributed by atoms with Gasteiger partial charge in [-0.2, -0.15) is 0 Å². The summed E-state index contributed by atoms with van der Waals surface area (Å²) >= 11 is 0. The van der Waals surface area contributed by atoms with Crippen LogP contribution in [0, 0.1) is 19.7 Å². The molecule has 288 valence electrons. The van der Waals surface area contributed by atoms with Crippen LogP contribution in [0.2, 0.25) is 0 Å². The van der Waals surface area contributed by atoms with Gasteiger partial charge in [0.05, 0.1) is 29.9 Å². The molecule has 0 spiro atoms. The third-order valence-corrected chi connectivity index (χ3v) is 8.84. The van der Waals surface area contributed by atoms with Crippen molar-refractivity contribution in [1.29, 1.82) is 0 Å². The van der Waals surface area contributed by atoms with Gasteiger partial charge in [0.15, 0.2) is 0 Å². The van der Waals surface area contributed by atoms with Crippen molar-refractivity contribution >= 4 is 28.5 Å². The minimum atomic E-state index is -3.37. The fraction of sp³-hybridized carbons (Fsp3) is 0.436. The quantitative estimate of drug-likeness (QED) is 0.168. The maximum Gasteiger partial charge on any atom is 0.326 e. The second-order valence-corrected chi connectivity index (χ2v) is 12.4. The summed E-state index contributed by atoms with van der Waals surface area (Å²) in [6.45, 7) is 12.3. The number of aliphatic carboxylic acids is 1. The molecule has 2 atom stereocenters. The molecular weight excluding hydrogens is 699 g/mol. The van der Waals surface area contributed by atoms with Gasteiger partial charge in [-0.25, -0.2) is 26.7 Å². The summed E-state index contributed by atoms with van der Waals surface area (Å²) in [6, 6.07) is 6.68. The van der Waals surface area contributed by atoms with Gasteiger partial charge in [0.25, 0.3) is 23.3 Å². The number of morpholine rings is 1. The standard InChI is InChI=1S/C35H35F5N4O5.2C2H6/c1-18-13-21(44-11-12-49-17-27(44)35(4,39)40)16-25(36)28(18)31(45)42-26(33(47)48)15-20-8-9-23(30-22(20)7-6-10-41-30)29-24(34(3,37)38)14-19(2)43(5)32(29)46;2*1-2/h6-10,13-14,16,26-27H,11-12,15,17H2,1-5H3,(H,42,45)(H,47,48);2*1-2H3/t26-,27+;;/m0../s1. The Morgan fingerprint density at radius 3 is 2.30 bits per heavy atom. The third-order valence-electron chi connectivity index (χ3n) is 8.84. The molecule has 0 aliphatic carbocycles. The van der Waals surface area contributed by atoms with E-state index in [9.17, 15) is 37.1 Å². The molecule has 1 amide bonds. The molecule has 2 aromatic heterocycles. The molecule has 1 aliphatic rings. The second-order valence-electron chi connectivity index (χ2n) is 12.4. The molecular formula is C39H47F5N4O5. The zero-order valence-electron chi connectivity index (χ0n) is 31.4. The normalized spacial score (nSPS) is 15.1. The summed E-state index contributed by atoms with van der Waals surface area (Å²) in [5.41, 5.74) is -0.652. The molecule has 53 heavy (non-hydrogen) atoms. The number of pyridine rings is 2. The number of aromatic nitrogens is 2. The number of alkyl halides is 4. The number of anilines is 1. The number of hydrogen-bond acceptors (Lipinski definition) is 6. The van der Waals surface area contributed by atoms with Gasteiger partial charge in [0.1, 0.15) is 17.9 Å². The fourth-order valence-electron chi connectivity index (χ4n) is 6.20. The van der Waals surface area contributed by atoms with Gasteiger partial charge < -0.3 is 24.6 Å². The molecule has 1 saturated heterocycles. The minimum Gasteiger partial charge on any atom is -0.480 e. The van der Waals surface area contributed by atoms with Gasteiger partial charge in [-0.1, -0.05) is 45.9 Å². The summed E-state index contributed by atoms with van der Waals surface area (Å²) in [5, 5.41) is 12.8. The fourth-order valence-corrected chi connectivity index (χ4v) is 6.20. The molecule has 2 N–H and O–H groups in total. The van der Waals surface area contributed by atoms with Gasteiger partial charge in [0.2, 0.25) is 0 Å². The lowest BCUT2D eigenvalue weighted by Gasteiger charge is -2.40. The highest BCUT2D eigenvalue weighted by molar-refractivity contribution is 5.99. The molecule has 0 unspecified atom stereocenters. The lowest BCUT2D eigenvalue weighted by Crippen LogP contribution is -2.54. The van der Waals surface area contributed by atoms with Crippen molar-refractivity contribution in [2.75, 3.05) is 24.7 Å². The first-order chi connectivity index (χ1) is 24.9. The third kappa shape index (κ3) is 9.21. The monoisotopic (exact) mass is 746 g/mol. The number of carbonyl (C=O) groups excluding carboxylic acids is 1. The number of carbonyl (C=O) groups is 2. The van der Waals surface area contributed by atoms with E-state index in [0.29, 0.717) is 23.6 Å². The van der Waals surface area contributed by atoms with E-state index in [2.05, 4.69) is 10.3 Å². The number of carboxylic acid groups (broad SMARTS) is 1. The maximum absolute atomic E-state index is 15.5. The Bertz CT molecular complexity index is 1980. The number of benzene rings is 2. The summed E-state index contributed by atoms with van der Waals surface area (Å²) < 4.78 is 80.1. The second kappa shape index (κ2) is 17.3. The summed E-state index contributed by atoms with van der Waals surface area (Å²) in [6.07, 6.45) is 1.09. The van der Waals surface area contributed by atoms with Crippen molar-refractivity contribution in [3.05, 3.63) is 92.8 Å². The number of rotatable bonds is 9. The number of halogens is 5. The summed E-state index contributed by atoms with van der Waals surface area (Å²) in [7, 11) is 1.46. The molecule has 14 heteroatoms. The van der Waals surface area contributed by atoms with Crippen LogP contribution in [-0.2, 0) is 28.9 Å². The molecule has 9 nitrogen and oxygen atoms in total. The van der Waals surface area contributed by atoms with Crippen LogP contribution in [0.3, 0.4) is 0 Å². The Balaban J connectivity index is 0.00000183. The van der Waals surface area contributed by atoms with E-state index >= 15 is 4.39 Å². The Morgan fingerprint density at radius 2 is 1.72 bits per heavy atom. The first kappa shape index (κ1) is 42.6. The Morgan fingerprint density at radius 1 is 1.06 bits per heavy atom. The van der Waals surface area contributed by atoms with Crippen molar-refractivity contribution in [1.82, 2.24) is 14.9 Å². The van der Waals surface area contributed by atoms with Crippen LogP contribution in [0.1, 0.15) is 74.3 Å². The number of ether oxygens (including phenoxy) is 1. The highest BCUT2D eigenvalue weighted by atomic mass is 19.3. The predicted molar refractivity (Wildman–Crippen MR) is 196 cm³/mol. The highest BCUT2D eigenvalue weighted by Gasteiger charge is 2.41. The topological polar surface area (TPSA) is 114 Å². The SMILES string of the molecule is CC.CC.Cc1cc(N2CCOC[C@@H]2C(C)(F)F)cc(F)c1C(=O)N[C@@H](Cc1ccc(-c2c(C(C)(F)F)cc(C)n(C)c2=O)c2ncccc12)C(=O)O. The highest BCUT2D eigenvalue weighted by Crippen LogP contribution is 2.38. The summed E-state index contributed by atoms with van der Waals surface area (Å²) in [4.78, 5) is 44.7. The molecule has 5 rings (SSSR count). The van der Waals surface area contributed by atoms with Crippen molar-refractivity contribution in [3.63, 3.8) is 0 Å². The van der Waals surface area contributed by atoms with E-state index in [4.69, 9.17) is 4.74 Å². The van der Waals surface area contributed by atoms with Gasteiger partial charge in [-0.15, -0.1) is 0 Å². The Hall–Kier alpha value is -4.85. The molecule has 0 saturated carbocycles. The van der Waals surface area contributed by atoms with Crippen LogP contribution < -0.4 is 15.8 Å². The number of fused-ring (bicyclic) bond motifs is 1. The van der Waals surface area contributed by atoms with Crippen LogP contribution >= 0.6 is 0 Å². The average molecular weight is 747 g/mol. The average Bonchev–Trinajstić information content (AvgIpc) is 3.11. The molecule has 1 aliphatic heterocycles. The number of hydrogen-bond donors (Lipinski definition) is 2. The lowest BCUT2D eigenvalue weighted by atomic mass is 9.91. The van der Waals surface area contributed by atoms with Crippen molar-refractivity contribution in [2.45, 2.75) is 85.7 Å². The van der Waals surface area contributed by atoms with E-state index < -0.39 is 58.3 Å². The molecule has 3 heterocycles. The smallest absolute Gasteiger partial charge is 0.326 e. The minimum absolute atomic E-state index is 0.0713. The van der Waals surface area contributed by atoms with Gasteiger partial charge in [-0.05, 0) is 49.2 Å². The van der Waals surface area contributed by atoms with Gasteiger partial charge in [-0.3, -0.25) is 14.6 Å². The van der Waals surface area contributed by atoms with E-state index in [1.807, 2.05) is 27.7 Å². The lowest BCUT2D eigenvalue weighted by molar-refractivity contribution is -0.139. The first-order valence-electron chi connectivity index (χ1n) is 17.4. The largest absolute Gasteiger partial charge is 0.480 e.